The van der Waals surface area contributed by atoms with Gasteiger partial charge in [-0.2, -0.15) is 5.10 Å². The standard InChI is InChI=1S/C20H14N4O4/c1-11-5-7-12(8-6-11)18-17-15(20(25)26)10-16(21-19(17)23-22-18)13-3-2-4-14(9-13)24(27)28/h2-10H,1H3,(H,25,26)(H,21,22,23). The number of nitrogens with zero attached hydrogens (tertiary/aromatic N) is 3. The Hall–Kier alpha value is -4.07. The van der Waals surface area contributed by atoms with Gasteiger partial charge in [0.05, 0.1) is 27.3 Å². The van der Waals surface area contributed by atoms with Gasteiger partial charge in [0.25, 0.3) is 5.69 Å². The van der Waals surface area contributed by atoms with Crippen molar-refractivity contribution in [2.45, 2.75) is 6.92 Å². The minimum Gasteiger partial charge on any atom is -0.478 e. The van der Waals surface area contributed by atoms with Gasteiger partial charge in [-0.1, -0.05) is 42.0 Å². The van der Waals surface area contributed by atoms with Crippen LogP contribution in [0, 0.1) is 17.0 Å². The third-order valence-corrected chi connectivity index (χ3v) is 4.45. The van der Waals surface area contributed by atoms with Crippen LogP contribution in [0.5, 0.6) is 0 Å². The summed E-state index contributed by atoms with van der Waals surface area (Å²) in [5, 5.41) is 28.2. The Morgan fingerprint density at radius 2 is 1.86 bits per heavy atom. The largest absolute Gasteiger partial charge is 0.478 e. The summed E-state index contributed by atoms with van der Waals surface area (Å²) in [7, 11) is 0. The summed E-state index contributed by atoms with van der Waals surface area (Å²) >= 11 is 0. The lowest BCUT2D eigenvalue weighted by Crippen LogP contribution is -2.00. The number of aromatic amines is 1. The van der Waals surface area contributed by atoms with Crippen molar-refractivity contribution in [2.24, 2.45) is 0 Å². The van der Waals surface area contributed by atoms with Gasteiger partial charge in [0.2, 0.25) is 0 Å². The number of non-ortho nitro benzene ring substituents is 1. The van der Waals surface area contributed by atoms with E-state index in [2.05, 4.69) is 15.2 Å². The first-order valence-corrected chi connectivity index (χ1v) is 8.38. The Bertz CT molecular complexity index is 1230. The zero-order valence-electron chi connectivity index (χ0n) is 14.7. The molecule has 0 bridgehead atoms. The molecule has 138 valence electrons. The third-order valence-electron chi connectivity index (χ3n) is 4.45. The molecule has 0 fully saturated rings. The molecule has 4 rings (SSSR count). The topological polar surface area (TPSA) is 122 Å². The number of aromatic nitrogens is 3. The molecule has 0 spiro atoms. The molecule has 0 amide bonds. The second kappa shape index (κ2) is 6.58. The molecule has 0 radical (unpaired) electrons. The number of H-pyrrole nitrogens is 1. The van der Waals surface area contributed by atoms with Crippen molar-refractivity contribution < 1.29 is 14.8 Å². The van der Waals surface area contributed by atoms with Crippen molar-refractivity contribution >= 4 is 22.7 Å². The summed E-state index contributed by atoms with van der Waals surface area (Å²) in [6.45, 7) is 1.96. The number of nitro groups is 1. The molecule has 4 aromatic rings. The number of nitrogens with one attached hydrogen (secondary N) is 1. The first-order valence-electron chi connectivity index (χ1n) is 8.38. The number of nitro benzene ring substituents is 1. The van der Waals surface area contributed by atoms with Crippen molar-refractivity contribution in [1.29, 1.82) is 0 Å². The van der Waals surface area contributed by atoms with Crippen molar-refractivity contribution in [3.8, 4) is 22.5 Å². The van der Waals surface area contributed by atoms with Gasteiger partial charge in [-0.15, -0.1) is 0 Å². The second-order valence-electron chi connectivity index (χ2n) is 6.33. The van der Waals surface area contributed by atoms with Gasteiger partial charge >= 0.3 is 5.97 Å². The number of pyridine rings is 1. The monoisotopic (exact) mass is 374 g/mol. The van der Waals surface area contributed by atoms with E-state index in [1.54, 1.807) is 6.07 Å². The van der Waals surface area contributed by atoms with Crippen LogP contribution in [0.15, 0.2) is 54.6 Å². The van der Waals surface area contributed by atoms with E-state index in [0.29, 0.717) is 22.3 Å². The summed E-state index contributed by atoms with van der Waals surface area (Å²) in [5.41, 5.74) is 3.34. The highest BCUT2D eigenvalue weighted by atomic mass is 16.6. The summed E-state index contributed by atoms with van der Waals surface area (Å²) < 4.78 is 0. The van der Waals surface area contributed by atoms with E-state index in [9.17, 15) is 20.0 Å². The maximum Gasteiger partial charge on any atom is 0.336 e. The normalized spacial score (nSPS) is 10.9. The van der Waals surface area contributed by atoms with Crippen molar-refractivity contribution in [3.05, 3.63) is 75.8 Å². The molecule has 0 aliphatic carbocycles. The number of rotatable bonds is 4. The fourth-order valence-corrected chi connectivity index (χ4v) is 3.05. The van der Waals surface area contributed by atoms with Crippen molar-refractivity contribution in [1.82, 2.24) is 15.2 Å². The van der Waals surface area contributed by atoms with Crippen LogP contribution in [0.1, 0.15) is 15.9 Å². The highest BCUT2D eigenvalue weighted by molar-refractivity contribution is 6.08. The van der Waals surface area contributed by atoms with Crippen molar-refractivity contribution in [2.75, 3.05) is 0 Å². The van der Waals surface area contributed by atoms with Crippen LogP contribution in [-0.4, -0.2) is 31.2 Å². The number of aromatic carboxylic acids is 1. The first-order chi connectivity index (χ1) is 13.4. The summed E-state index contributed by atoms with van der Waals surface area (Å²) in [6.07, 6.45) is 0. The Morgan fingerprint density at radius 3 is 2.54 bits per heavy atom. The molecule has 2 N–H and O–H groups in total. The molecule has 2 aromatic carbocycles. The number of hydrogen-bond donors (Lipinski definition) is 2. The summed E-state index contributed by atoms with van der Waals surface area (Å²) in [4.78, 5) is 26.9. The van der Waals surface area contributed by atoms with Crippen LogP contribution in [0.25, 0.3) is 33.5 Å². The van der Waals surface area contributed by atoms with E-state index in [-0.39, 0.29) is 16.9 Å². The average Bonchev–Trinajstić information content (AvgIpc) is 3.12. The number of carboxylic acids is 1. The highest BCUT2D eigenvalue weighted by Gasteiger charge is 2.20. The van der Waals surface area contributed by atoms with Gasteiger partial charge in [-0.3, -0.25) is 15.2 Å². The molecule has 0 unspecified atom stereocenters. The number of fused-ring (bicyclic) bond motifs is 1. The molecular weight excluding hydrogens is 360 g/mol. The smallest absolute Gasteiger partial charge is 0.336 e. The maximum absolute atomic E-state index is 11.9. The van der Waals surface area contributed by atoms with Gasteiger partial charge in [-0.25, -0.2) is 9.78 Å². The molecule has 28 heavy (non-hydrogen) atoms. The van der Waals surface area contributed by atoms with Crippen molar-refractivity contribution in [3.63, 3.8) is 0 Å². The van der Waals surface area contributed by atoms with Gasteiger partial charge in [0.1, 0.15) is 0 Å². The molecule has 8 heteroatoms. The Labute approximate surface area is 158 Å². The lowest BCUT2D eigenvalue weighted by molar-refractivity contribution is -0.384. The Morgan fingerprint density at radius 1 is 1.11 bits per heavy atom. The first kappa shape index (κ1) is 17.3. The maximum atomic E-state index is 11.9. The number of carboxylic acid groups (broad SMARTS) is 1. The molecule has 0 aliphatic rings. The van der Waals surface area contributed by atoms with E-state index < -0.39 is 10.9 Å². The number of hydrogen-bond acceptors (Lipinski definition) is 5. The fourth-order valence-electron chi connectivity index (χ4n) is 3.05. The van der Waals surface area contributed by atoms with Gasteiger partial charge < -0.3 is 5.11 Å². The molecule has 8 nitrogen and oxygen atoms in total. The quantitative estimate of drug-likeness (QED) is 0.408. The number of carbonyl (C=O) groups is 1. The van der Waals surface area contributed by atoms with E-state index in [4.69, 9.17) is 0 Å². The van der Waals surface area contributed by atoms with Crippen LogP contribution >= 0.6 is 0 Å². The highest BCUT2D eigenvalue weighted by Crippen LogP contribution is 2.32. The second-order valence-corrected chi connectivity index (χ2v) is 6.33. The van der Waals surface area contributed by atoms with Crippen LogP contribution in [0.2, 0.25) is 0 Å². The SMILES string of the molecule is Cc1ccc(-c2[nH]nc3nc(-c4cccc([N+](=O)[O-])c4)cc(C(=O)O)c23)cc1. The molecule has 2 aromatic heterocycles. The Balaban J connectivity index is 1.93. The van der Waals surface area contributed by atoms with E-state index in [0.717, 1.165) is 11.1 Å². The summed E-state index contributed by atoms with van der Waals surface area (Å²) in [5.74, 6) is -1.13. The minimum atomic E-state index is -1.13. The number of aryl methyl sites for hydroxylation is 1. The van der Waals surface area contributed by atoms with E-state index in [1.165, 1.54) is 24.3 Å². The predicted molar refractivity (Wildman–Crippen MR) is 103 cm³/mol. The lowest BCUT2D eigenvalue weighted by Gasteiger charge is -2.06. The van der Waals surface area contributed by atoms with Crippen LogP contribution in [-0.2, 0) is 0 Å². The predicted octanol–water partition coefficient (Wildman–Crippen LogP) is 4.21. The average molecular weight is 374 g/mol. The van der Waals surface area contributed by atoms with E-state index >= 15 is 0 Å². The third kappa shape index (κ3) is 2.96. The van der Waals surface area contributed by atoms with Gasteiger partial charge in [-0.05, 0) is 13.0 Å². The molecule has 0 saturated heterocycles. The van der Waals surface area contributed by atoms with Crippen LogP contribution in [0.3, 0.4) is 0 Å². The van der Waals surface area contributed by atoms with Gasteiger partial charge in [0, 0.05) is 23.3 Å². The zero-order valence-corrected chi connectivity index (χ0v) is 14.7. The minimum absolute atomic E-state index is 0.0239. The fraction of sp³-hybridized carbons (Fsp3) is 0.0500. The number of benzene rings is 2. The van der Waals surface area contributed by atoms with Crippen LogP contribution < -0.4 is 0 Å². The molecule has 0 saturated carbocycles. The lowest BCUT2D eigenvalue weighted by atomic mass is 10.0. The summed E-state index contributed by atoms with van der Waals surface area (Å²) in [6, 6.07) is 14.9. The van der Waals surface area contributed by atoms with Gasteiger partial charge in [0.15, 0.2) is 5.65 Å². The molecular formula is C20H14N4O4. The van der Waals surface area contributed by atoms with E-state index in [1.807, 2.05) is 31.2 Å². The molecule has 0 aliphatic heterocycles. The molecule has 2 heterocycles. The van der Waals surface area contributed by atoms with Crippen LogP contribution in [0.4, 0.5) is 5.69 Å². The zero-order chi connectivity index (χ0) is 19.8. The Kier molecular flexibility index (Phi) is 4.08. The molecule has 0 atom stereocenters.